The summed E-state index contributed by atoms with van der Waals surface area (Å²) in [6.07, 6.45) is -1.85. The zero-order valence-electron chi connectivity index (χ0n) is 9.40. The highest BCUT2D eigenvalue weighted by molar-refractivity contribution is 5.84. The fraction of sp³-hybridized carbons (Fsp3) is 0.778. The van der Waals surface area contributed by atoms with Crippen molar-refractivity contribution in [2.24, 2.45) is 5.73 Å². The van der Waals surface area contributed by atoms with Crippen LogP contribution in [0.2, 0.25) is 0 Å². The van der Waals surface area contributed by atoms with E-state index in [0.29, 0.717) is 0 Å². The normalized spacial score (nSPS) is 15.3. The Morgan fingerprint density at radius 1 is 1.40 bits per heavy atom. The fourth-order valence-electron chi connectivity index (χ4n) is 0.864. The van der Waals surface area contributed by atoms with E-state index < -0.39 is 29.7 Å². The second-order valence-electron chi connectivity index (χ2n) is 4.27. The predicted octanol–water partition coefficient (Wildman–Crippen LogP) is -0.254. The first-order valence-electron chi connectivity index (χ1n) is 4.60. The Hall–Kier alpha value is -1.30. The SMILES string of the molecule is C[C@H](O)[C@@H](NC(=O)OC(C)(C)C)C(N)=O. The van der Waals surface area contributed by atoms with Gasteiger partial charge < -0.3 is 20.9 Å². The Bertz CT molecular complexity index is 245. The first kappa shape index (κ1) is 13.7. The number of aliphatic hydroxyl groups excluding tert-OH is 1. The van der Waals surface area contributed by atoms with Crippen LogP contribution in [0.3, 0.4) is 0 Å². The smallest absolute Gasteiger partial charge is 0.408 e. The molecule has 0 radical (unpaired) electrons. The summed E-state index contributed by atoms with van der Waals surface area (Å²) in [5.41, 5.74) is 4.32. The van der Waals surface area contributed by atoms with E-state index >= 15 is 0 Å². The molecule has 0 spiro atoms. The molecule has 0 aromatic heterocycles. The second kappa shape index (κ2) is 4.97. The van der Waals surface area contributed by atoms with E-state index in [0.717, 1.165) is 0 Å². The van der Waals surface area contributed by atoms with E-state index in [4.69, 9.17) is 15.6 Å². The third-order valence-electron chi connectivity index (χ3n) is 1.46. The summed E-state index contributed by atoms with van der Waals surface area (Å²) in [7, 11) is 0. The van der Waals surface area contributed by atoms with Gasteiger partial charge in [0.25, 0.3) is 0 Å². The van der Waals surface area contributed by atoms with Gasteiger partial charge in [0.2, 0.25) is 5.91 Å². The highest BCUT2D eigenvalue weighted by atomic mass is 16.6. The number of hydrogen-bond donors (Lipinski definition) is 3. The lowest BCUT2D eigenvalue weighted by molar-refractivity contribution is -0.122. The standard InChI is InChI=1S/C9H18N2O4/c1-5(12)6(7(10)13)11-8(14)15-9(2,3)4/h5-6,12H,1-4H3,(H2,10,13)(H,11,14)/t5-,6+/m0/s1. The molecule has 88 valence electrons. The lowest BCUT2D eigenvalue weighted by atomic mass is 10.2. The van der Waals surface area contributed by atoms with Gasteiger partial charge in [-0.25, -0.2) is 4.79 Å². The lowest BCUT2D eigenvalue weighted by Gasteiger charge is -2.23. The maximum Gasteiger partial charge on any atom is 0.408 e. The third kappa shape index (κ3) is 5.90. The van der Waals surface area contributed by atoms with Crippen LogP contribution >= 0.6 is 0 Å². The van der Waals surface area contributed by atoms with Gasteiger partial charge in [0.05, 0.1) is 6.10 Å². The zero-order valence-corrected chi connectivity index (χ0v) is 9.40. The summed E-state index contributed by atoms with van der Waals surface area (Å²) < 4.78 is 4.90. The molecule has 0 aliphatic carbocycles. The maximum absolute atomic E-state index is 11.2. The van der Waals surface area contributed by atoms with Crippen LogP contribution in [0.4, 0.5) is 4.79 Å². The molecule has 0 aromatic rings. The number of carbonyl (C=O) groups excluding carboxylic acids is 2. The van der Waals surface area contributed by atoms with Crippen molar-refractivity contribution in [2.75, 3.05) is 0 Å². The number of primary amides is 1. The van der Waals surface area contributed by atoms with Crippen LogP contribution in [0.5, 0.6) is 0 Å². The summed E-state index contributed by atoms with van der Waals surface area (Å²) in [6, 6.07) is -1.14. The Labute approximate surface area is 88.8 Å². The molecule has 2 amide bonds. The van der Waals surface area contributed by atoms with E-state index in [1.165, 1.54) is 6.92 Å². The van der Waals surface area contributed by atoms with Gasteiger partial charge in [-0.3, -0.25) is 4.79 Å². The van der Waals surface area contributed by atoms with Crippen molar-refractivity contribution in [1.29, 1.82) is 0 Å². The predicted molar refractivity (Wildman–Crippen MR) is 54.0 cm³/mol. The minimum absolute atomic E-state index is 0.662. The van der Waals surface area contributed by atoms with Crippen LogP contribution in [0.1, 0.15) is 27.7 Å². The molecule has 0 saturated heterocycles. The molecule has 0 fully saturated rings. The first-order valence-corrected chi connectivity index (χ1v) is 4.60. The molecule has 6 nitrogen and oxygen atoms in total. The van der Waals surface area contributed by atoms with E-state index in [-0.39, 0.29) is 0 Å². The fourth-order valence-corrected chi connectivity index (χ4v) is 0.864. The van der Waals surface area contributed by atoms with Crippen molar-refractivity contribution >= 4 is 12.0 Å². The largest absolute Gasteiger partial charge is 0.444 e. The summed E-state index contributed by atoms with van der Waals surface area (Å²) in [4.78, 5) is 22.1. The lowest BCUT2D eigenvalue weighted by Crippen LogP contribution is -2.51. The molecule has 0 rings (SSSR count). The molecule has 4 N–H and O–H groups in total. The van der Waals surface area contributed by atoms with E-state index in [2.05, 4.69) is 5.32 Å². The summed E-state index contributed by atoms with van der Waals surface area (Å²) in [6.45, 7) is 6.42. The first-order chi connectivity index (χ1) is 6.63. The molecule has 6 heteroatoms. The molecular weight excluding hydrogens is 200 g/mol. The molecule has 0 aromatic carbocycles. The average molecular weight is 218 g/mol. The number of ether oxygens (including phenoxy) is 1. The van der Waals surface area contributed by atoms with Gasteiger partial charge in [0, 0.05) is 0 Å². The minimum Gasteiger partial charge on any atom is -0.444 e. The zero-order chi connectivity index (χ0) is 12.2. The molecule has 15 heavy (non-hydrogen) atoms. The molecular formula is C9H18N2O4. The molecule has 0 aliphatic heterocycles. The number of nitrogens with one attached hydrogen (secondary N) is 1. The Morgan fingerprint density at radius 2 is 1.87 bits per heavy atom. The van der Waals surface area contributed by atoms with Crippen molar-refractivity contribution in [1.82, 2.24) is 5.32 Å². The molecule has 0 bridgehead atoms. The monoisotopic (exact) mass is 218 g/mol. The Morgan fingerprint density at radius 3 is 2.13 bits per heavy atom. The van der Waals surface area contributed by atoms with Gasteiger partial charge in [-0.05, 0) is 27.7 Å². The maximum atomic E-state index is 11.2. The van der Waals surface area contributed by atoms with E-state index in [1.807, 2.05) is 0 Å². The highest BCUT2D eigenvalue weighted by Gasteiger charge is 2.25. The van der Waals surface area contributed by atoms with Gasteiger partial charge in [-0.2, -0.15) is 0 Å². The molecule has 0 unspecified atom stereocenters. The number of hydrogen-bond acceptors (Lipinski definition) is 4. The summed E-state index contributed by atoms with van der Waals surface area (Å²) in [5.74, 6) is -0.809. The van der Waals surface area contributed by atoms with Gasteiger partial charge >= 0.3 is 6.09 Å². The number of rotatable bonds is 3. The van der Waals surface area contributed by atoms with Crippen LogP contribution in [0.15, 0.2) is 0 Å². The Kier molecular flexibility index (Phi) is 4.54. The molecule has 0 saturated carbocycles. The van der Waals surface area contributed by atoms with Gasteiger partial charge in [-0.1, -0.05) is 0 Å². The van der Waals surface area contributed by atoms with E-state index in [9.17, 15) is 9.59 Å². The van der Waals surface area contributed by atoms with Crippen molar-refractivity contribution in [3.8, 4) is 0 Å². The summed E-state index contributed by atoms with van der Waals surface area (Å²) in [5, 5.41) is 11.3. The van der Waals surface area contributed by atoms with Crippen molar-refractivity contribution in [3.63, 3.8) is 0 Å². The van der Waals surface area contributed by atoms with Crippen LogP contribution in [0, 0.1) is 0 Å². The van der Waals surface area contributed by atoms with Crippen molar-refractivity contribution < 1.29 is 19.4 Å². The van der Waals surface area contributed by atoms with E-state index in [1.54, 1.807) is 20.8 Å². The van der Waals surface area contributed by atoms with Crippen LogP contribution in [-0.4, -0.2) is 34.9 Å². The van der Waals surface area contributed by atoms with Gasteiger partial charge in [-0.15, -0.1) is 0 Å². The average Bonchev–Trinajstić information content (AvgIpc) is 1.95. The number of amides is 2. The molecule has 2 atom stereocenters. The number of aliphatic hydroxyl groups is 1. The minimum atomic E-state index is -1.14. The third-order valence-corrected chi connectivity index (χ3v) is 1.46. The van der Waals surface area contributed by atoms with Crippen LogP contribution in [-0.2, 0) is 9.53 Å². The Balaban J connectivity index is 4.31. The van der Waals surface area contributed by atoms with Crippen LogP contribution < -0.4 is 11.1 Å². The topological polar surface area (TPSA) is 102 Å². The summed E-state index contributed by atoms with van der Waals surface area (Å²) >= 11 is 0. The second-order valence-corrected chi connectivity index (χ2v) is 4.27. The van der Waals surface area contributed by atoms with Crippen molar-refractivity contribution in [3.05, 3.63) is 0 Å². The van der Waals surface area contributed by atoms with Gasteiger partial charge in [0.1, 0.15) is 11.6 Å². The highest BCUT2D eigenvalue weighted by Crippen LogP contribution is 2.07. The van der Waals surface area contributed by atoms with Gasteiger partial charge in [0.15, 0.2) is 0 Å². The quantitative estimate of drug-likeness (QED) is 0.607. The van der Waals surface area contributed by atoms with Crippen molar-refractivity contribution in [2.45, 2.75) is 45.4 Å². The number of nitrogens with two attached hydrogens (primary N) is 1. The number of alkyl carbamates (subject to hydrolysis) is 1. The van der Waals surface area contributed by atoms with Crippen LogP contribution in [0.25, 0.3) is 0 Å². The molecule has 0 aliphatic rings. The molecule has 0 heterocycles. The number of carbonyl (C=O) groups is 2.